The Morgan fingerprint density at radius 2 is 0.367 bits per heavy atom. The Balaban J connectivity index is 4.28. The molecule has 1 aliphatic heterocycles. The van der Waals surface area contributed by atoms with E-state index in [1.165, 1.54) is 0 Å². The summed E-state index contributed by atoms with van der Waals surface area (Å²) in [5.41, 5.74) is 0. The average molecular weight is 609 g/mol. The van der Waals surface area contributed by atoms with E-state index in [0.29, 0.717) is 0 Å². The fourth-order valence-corrected chi connectivity index (χ4v) is 92.3. The maximum atomic E-state index is 7.74. The Hall–Kier alpha value is 1.51. The number of hydrogen-bond donors (Lipinski definition) is 0. The van der Waals surface area contributed by atoms with Crippen molar-refractivity contribution in [1.82, 2.24) is 0 Å². The molecule has 3 nitrogen and oxygen atoms in total. The second-order valence-corrected chi connectivity index (χ2v) is 50.3. The summed E-state index contributed by atoms with van der Waals surface area (Å²) in [4.78, 5) is 0. The van der Waals surface area contributed by atoms with Crippen LogP contribution >= 0.6 is 0 Å². The number of hydrogen-bond acceptors (Lipinski definition) is 3. The molecule has 1 fully saturated rings. The maximum absolute atomic E-state index is 7.74. The third-order valence-corrected chi connectivity index (χ3v) is 54.1. The molecule has 0 saturated carbocycles. The second kappa shape index (κ2) is 7.76. The molecule has 0 amide bonds. The van der Waals surface area contributed by atoms with Gasteiger partial charge in [-0.1, -0.05) is 0 Å². The van der Waals surface area contributed by atoms with Crippen molar-refractivity contribution in [2.75, 3.05) is 0 Å². The summed E-state index contributed by atoms with van der Waals surface area (Å²) in [5, 5.41) is 0. The molecule has 1 heterocycles. The van der Waals surface area contributed by atoms with Gasteiger partial charge in [-0.2, -0.15) is 0 Å². The molecule has 0 aromatic heterocycles. The zero-order chi connectivity index (χ0) is 24.6. The first-order chi connectivity index (χ1) is 12.6. The average Bonchev–Trinajstić information content (AvgIpc) is 2.39. The monoisotopic (exact) mass is 612 g/mol. The fourth-order valence-electron chi connectivity index (χ4n) is 5.88. The van der Waals surface area contributed by atoms with Gasteiger partial charge < -0.3 is 0 Å². The molecule has 0 N–H and O–H groups in total. The van der Waals surface area contributed by atoms with E-state index in [9.17, 15) is 0 Å². The first-order valence-corrected chi connectivity index (χ1v) is 23.2. The van der Waals surface area contributed by atoms with Crippen LogP contribution in [-0.4, -0.2) is 41.8 Å². The molecule has 180 valence electrons. The molecule has 1 saturated heterocycles. The van der Waals surface area contributed by atoms with Crippen molar-refractivity contribution in [1.29, 1.82) is 0 Å². The second-order valence-electron chi connectivity index (χ2n) is 15.7. The summed E-state index contributed by atoms with van der Waals surface area (Å²) in [6.07, 6.45) is 0. The summed E-state index contributed by atoms with van der Waals surface area (Å²) in [7, 11) is 0. The van der Waals surface area contributed by atoms with E-state index in [4.69, 9.17) is 8.37 Å². The van der Waals surface area contributed by atoms with Crippen LogP contribution < -0.4 is 0 Å². The van der Waals surface area contributed by atoms with Gasteiger partial charge in [-0.15, -0.1) is 0 Å². The van der Waals surface area contributed by atoms with Gasteiger partial charge in [-0.3, -0.25) is 0 Å². The minimum absolute atomic E-state index is 0.0119. The van der Waals surface area contributed by atoms with Crippen LogP contribution in [-0.2, 0) is 8.37 Å². The fraction of sp³-hybridized carbons (Fsp3) is 1.00. The predicted molar refractivity (Wildman–Crippen MR) is 139 cm³/mol. The SMILES string of the molecule is C[C](C)(C)[Ge]1([C](C)(C)C)[O][Ge]([C](C)(C)C)([C](C)(C)C)[O][Ge]([C](C)(C)C)([C](C)(C)C)[O]1. The van der Waals surface area contributed by atoms with Crippen LogP contribution in [0.25, 0.3) is 0 Å². The molecule has 6 heteroatoms. The van der Waals surface area contributed by atoms with Crippen molar-refractivity contribution in [2.24, 2.45) is 0 Å². The van der Waals surface area contributed by atoms with E-state index in [1.807, 2.05) is 0 Å². The molecule has 0 spiro atoms. The van der Waals surface area contributed by atoms with E-state index >= 15 is 0 Å². The van der Waals surface area contributed by atoms with Crippen molar-refractivity contribution in [2.45, 2.75) is 150 Å². The Bertz CT molecular complexity index is 485. The molecule has 0 bridgehead atoms. The van der Waals surface area contributed by atoms with Gasteiger partial charge in [0.05, 0.1) is 0 Å². The summed E-state index contributed by atoms with van der Waals surface area (Å²) in [6, 6.07) is 0. The summed E-state index contributed by atoms with van der Waals surface area (Å²) in [6.45, 7) is 42.8. The van der Waals surface area contributed by atoms with Gasteiger partial charge in [-0.25, -0.2) is 0 Å². The topological polar surface area (TPSA) is 27.7 Å². The Kier molecular flexibility index (Phi) is 7.64. The van der Waals surface area contributed by atoms with E-state index in [1.54, 1.807) is 0 Å². The third kappa shape index (κ3) is 4.44. The van der Waals surface area contributed by atoms with Crippen LogP contribution in [0, 0.1) is 0 Å². The molecule has 1 rings (SSSR count). The van der Waals surface area contributed by atoms with Crippen LogP contribution in [0.2, 0.25) is 25.5 Å². The van der Waals surface area contributed by atoms with E-state index in [2.05, 4.69) is 125 Å². The molecule has 1 aliphatic rings. The normalized spacial score (nSPS) is 23.4. The van der Waals surface area contributed by atoms with Crippen LogP contribution in [0.5, 0.6) is 0 Å². The quantitative estimate of drug-likeness (QED) is 0.257. The van der Waals surface area contributed by atoms with Gasteiger partial charge >= 0.3 is 200 Å². The molecule has 30 heavy (non-hydrogen) atoms. The van der Waals surface area contributed by atoms with Gasteiger partial charge in [0.1, 0.15) is 0 Å². The van der Waals surface area contributed by atoms with Crippen molar-refractivity contribution >= 4 is 41.8 Å². The van der Waals surface area contributed by atoms with Crippen LogP contribution in [0.15, 0.2) is 0 Å². The van der Waals surface area contributed by atoms with Crippen LogP contribution in [0.3, 0.4) is 0 Å². The first-order valence-electron chi connectivity index (χ1n) is 11.7. The van der Waals surface area contributed by atoms with Gasteiger partial charge in [0.25, 0.3) is 0 Å². The van der Waals surface area contributed by atoms with Crippen LogP contribution in [0.1, 0.15) is 125 Å². The van der Waals surface area contributed by atoms with Gasteiger partial charge in [0.15, 0.2) is 0 Å². The Morgan fingerprint density at radius 3 is 0.433 bits per heavy atom. The zero-order valence-corrected chi connectivity index (χ0v) is 30.0. The molecule has 0 radical (unpaired) electrons. The molecule has 0 aromatic carbocycles. The van der Waals surface area contributed by atoms with Gasteiger partial charge in [0.2, 0.25) is 0 Å². The summed E-state index contributed by atoms with van der Waals surface area (Å²) < 4.78 is 23.2. The first kappa shape index (κ1) is 29.5. The zero-order valence-electron chi connectivity index (χ0n) is 23.7. The van der Waals surface area contributed by atoms with Crippen molar-refractivity contribution in [3.05, 3.63) is 0 Å². The van der Waals surface area contributed by atoms with Gasteiger partial charge in [0, 0.05) is 0 Å². The molecular weight excluding hydrogens is 554 g/mol. The van der Waals surface area contributed by atoms with E-state index in [-0.39, 0.29) is 25.5 Å². The minimum atomic E-state index is -3.47. The summed E-state index contributed by atoms with van der Waals surface area (Å²) in [5.74, 6) is 0. The van der Waals surface area contributed by atoms with Crippen molar-refractivity contribution in [3.63, 3.8) is 0 Å². The molecule has 0 aliphatic carbocycles. The Morgan fingerprint density at radius 1 is 0.267 bits per heavy atom. The third-order valence-electron chi connectivity index (χ3n) is 6.79. The van der Waals surface area contributed by atoms with Crippen LogP contribution in [0.4, 0.5) is 0 Å². The van der Waals surface area contributed by atoms with E-state index in [0.717, 1.165) is 0 Å². The van der Waals surface area contributed by atoms with Crippen molar-refractivity contribution < 1.29 is 8.37 Å². The molecule has 0 unspecified atom stereocenters. The van der Waals surface area contributed by atoms with Gasteiger partial charge in [-0.05, 0) is 0 Å². The standard InChI is InChI=1S/C24H54Ge3O3/c1-19(2,3)25(20(4,5)6)28-26(21(7,8)9,22(10,11)12)30-27(29-25,23(13,14)15)24(16,17)18/h1-18H3. The summed E-state index contributed by atoms with van der Waals surface area (Å²) >= 11 is -10.4. The molecular formula is C24H54Ge3O3. The molecule has 0 atom stereocenters. The van der Waals surface area contributed by atoms with Crippen molar-refractivity contribution in [3.8, 4) is 0 Å². The molecule has 0 aromatic rings. The Labute approximate surface area is 199 Å². The van der Waals surface area contributed by atoms with E-state index < -0.39 is 41.8 Å². The number of rotatable bonds is 0. The predicted octanol–water partition coefficient (Wildman–Crippen LogP) is 9.18.